The molecule has 2 rings (SSSR count). The first-order valence-corrected chi connectivity index (χ1v) is 7.94. The Bertz CT molecular complexity index is 614. The van der Waals surface area contributed by atoms with Gasteiger partial charge in [-0.05, 0) is 48.2 Å². The van der Waals surface area contributed by atoms with Gasteiger partial charge in [-0.25, -0.2) is 0 Å². The van der Waals surface area contributed by atoms with E-state index in [2.05, 4.69) is 5.32 Å². The largest absolute Gasteiger partial charge is 0.326 e. The smallest absolute Gasteiger partial charge is 0.228 e. The molecule has 0 aromatic heterocycles. The van der Waals surface area contributed by atoms with Gasteiger partial charge >= 0.3 is 0 Å². The van der Waals surface area contributed by atoms with Crippen LogP contribution in [0.25, 0.3) is 0 Å². The predicted octanol–water partition coefficient (Wildman–Crippen LogP) is 4.90. The Morgan fingerprint density at radius 1 is 1.10 bits per heavy atom. The first-order valence-electron chi connectivity index (χ1n) is 5.96. The Labute approximate surface area is 132 Å². The number of amides is 1. The molecule has 0 aliphatic rings. The van der Waals surface area contributed by atoms with Gasteiger partial charge < -0.3 is 5.32 Å². The van der Waals surface area contributed by atoms with Gasteiger partial charge in [-0.1, -0.05) is 29.3 Å². The third kappa shape index (κ3) is 4.17. The number of anilines is 1. The number of rotatable bonds is 4. The van der Waals surface area contributed by atoms with Crippen molar-refractivity contribution in [3.05, 3.63) is 58.1 Å². The Morgan fingerprint density at radius 3 is 2.40 bits per heavy atom. The Hall–Kier alpha value is -1.16. The molecule has 20 heavy (non-hydrogen) atoms. The van der Waals surface area contributed by atoms with Crippen molar-refractivity contribution in [2.45, 2.75) is 11.3 Å². The SMILES string of the molecule is CSc1ccc(NC(=O)Cc2ccc(Cl)c(Cl)c2)cc1. The van der Waals surface area contributed by atoms with Gasteiger partial charge in [-0.15, -0.1) is 11.8 Å². The fourth-order valence-electron chi connectivity index (χ4n) is 1.71. The van der Waals surface area contributed by atoms with E-state index >= 15 is 0 Å². The number of hydrogen-bond donors (Lipinski definition) is 1. The van der Waals surface area contributed by atoms with Gasteiger partial charge in [0.2, 0.25) is 5.91 Å². The number of carbonyl (C=O) groups is 1. The normalized spacial score (nSPS) is 10.3. The van der Waals surface area contributed by atoms with Gasteiger partial charge in [0.1, 0.15) is 0 Å². The van der Waals surface area contributed by atoms with Crippen LogP contribution in [0, 0.1) is 0 Å². The molecule has 0 radical (unpaired) electrons. The number of hydrogen-bond acceptors (Lipinski definition) is 2. The van der Waals surface area contributed by atoms with Gasteiger partial charge in [0.25, 0.3) is 0 Å². The maximum atomic E-state index is 11.9. The predicted molar refractivity (Wildman–Crippen MR) is 87.0 cm³/mol. The van der Waals surface area contributed by atoms with E-state index in [1.807, 2.05) is 30.5 Å². The molecule has 2 nitrogen and oxygen atoms in total. The van der Waals surface area contributed by atoms with Gasteiger partial charge in [0, 0.05) is 10.6 Å². The lowest BCUT2D eigenvalue weighted by Crippen LogP contribution is -2.14. The topological polar surface area (TPSA) is 29.1 Å². The summed E-state index contributed by atoms with van der Waals surface area (Å²) in [5.41, 5.74) is 1.62. The molecule has 2 aromatic carbocycles. The molecule has 104 valence electrons. The number of nitrogens with one attached hydrogen (secondary N) is 1. The second-order valence-corrected chi connectivity index (χ2v) is 5.90. The maximum Gasteiger partial charge on any atom is 0.228 e. The highest BCUT2D eigenvalue weighted by atomic mass is 35.5. The summed E-state index contributed by atoms with van der Waals surface area (Å²) in [5.74, 6) is -0.0831. The molecule has 0 saturated carbocycles. The lowest BCUT2D eigenvalue weighted by molar-refractivity contribution is -0.115. The van der Waals surface area contributed by atoms with Gasteiger partial charge in [-0.3, -0.25) is 4.79 Å². The van der Waals surface area contributed by atoms with Gasteiger partial charge in [0.05, 0.1) is 16.5 Å². The molecule has 0 atom stereocenters. The fourth-order valence-corrected chi connectivity index (χ4v) is 2.44. The lowest BCUT2D eigenvalue weighted by atomic mass is 10.1. The first-order chi connectivity index (χ1) is 9.58. The molecular weight excluding hydrogens is 313 g/mol. The Morgan fingerprint density at radius 2 is 1.80 bits per heavy atom. The molecule has 0 bridgehead atoms. The summed E-state index contributed by atoms with van der Waals surface area (Å²) >= 11 is 13.4. The molecule has 5 heteroatoms. The van der Waals surface area contributed by atoms with Crippen molar-refractivity contribution in [3.63, 3.8) is 0 Å². The van der Waals surface area contributed by atoms with E-state index in [1.54, 1.807) is 30.0 Å². The van der Waals surface area contributed by atoms with Crippen LogP contribution < -0.4 is 5.32 Å². The van der Waals surface area contributed by atoms with Gasteiger partial charge in [-0.2, -0.15) is 0 Å². The van der Waals surface area contributed by atoms with Crippen molar-refractivity contribution < 1.29 is 4.79 Å². The van der Waals surface area contributed by atoms with Crippen LogP contribution in [0.15, 0.2) is 47.4 Å². The third-order valence-electron chi connectivity index (χ3n) is 2.72. The third-order valence-corrected chi connectivity index (χ3v) is 4.21. The van der Waals surface area contributed by atoms with E-state index in [0.717, 1.165) is 16.1 Å². The summed E-state index contributed by atoms with van der Waals surface area (Å²) in [6.07, 6.45) is 2.28. The summed E-state index contributed by atoms with van der Waals surface area (Å²) < 4.78 is 0. The van der Waals surface area contributed by atoms with Crippen molar-refractivity contribution in [2.24, 2.45) is 0 Å². The molecule has 0 aliphatic heterocycles. The molecule has 0 aliphatic carbocycles. The zero-order valence-corrected chi connectivity index (χ0v) is 13.1. The van der Waals surface area contributed by atoms with Crippen LogP contribution in [0.1, 0.15) is 5.56 Å². The van der Waals surface area contributed by atoms with Crippen molar-refractivity contribution in [1.29, 1.82) is 0 Å². The quantitative estimate of drug-likeness (QED) is 0.810. The number of benzene rings is 2. The Balaban J connectivity index is 1.99. The maximum absolute atomic E-state index is 11.9. The minimum atomic E-state index is -0.0831. The van der Waals surface area contributed by atoms with Crippen LogP contribution in [-0.2, 0) is 11.2 Å². The average Bonchev–Trinajstić information content (AvgIpc) is 2.44. The molecule has 2 aromatic rings. The molecule has 0 fully saturated rings. The summed E-state index contributed by atoms with van der Waals surface area (Å²) in [7, 11) is 0. The van der Waals surface area contributed by atoms with Crippen molar-refractivity contribution in [2.75, 3.05) is 11.6 Å². The average molecular weight is 326 g/mol. The van der Waals surface area contributed by atoms with Crippen LogP contribution in [0.4, 0.5) is 5.69 Å². The van der Waals surface area contributed by atoms with Crippen LogP contribution in [0.2, 0.25) is 10.0 Å². The number of thioether (sulfide) groups is 1. The molecule has 1 N–H and O–H groups in total. The highest BCUT2D eigenvalue weighted by Crippen LogP contribution is 2.23. The van der Waals surface area contributed by atoms with E-state index in [0.29, 0.717) is 10.0 Å². The summed E-state index contributed by atoms with van der Waals surface area (Å²) in [4.78, 5) is 13.1. The molecular formula is C15H13Cl2NOS. The molecule has 0 heterocycles. The number of carbonyl (C=O) groups excluding carboxylic acids is 1. The minimum Gasteiger partial charge on any atom is -0.326 e. The Kier molecular flexibility index (Phi) is 5.35. The van der Waals surface area contributed by atoms with Crippen molar-refractivity contribution >= 4 is 46.6 Å². The summed E-state index contributed by atoms with van der Waals surface area (Å²) in [6, 6.07) is 12.9. The first kappa shape index (κ1) is 15.2. The van der Waals surface area contributed by atoms with Crippen LogP contribution in [-0.4, -0.2) is 12.2 Å². The summed E-state index contributed by atoms with van der Waals surface area (Å²) in [6.45, 7) is 0. The fraction of sp³-hybridized carbons (Fsp3) is 0.133. The molecule has 1 amide bonds. The van der Waals surface area contributed by atoms with Crippen molar-refractivity contribution in [1.82, 2.24) is 0 Å². The molecule has 0 saturated heterocycles. The second kappa shape index (κ2) is 7.02. The zero-order chi connectivity index (χ0) is 14.5. The highest BCUT2D eigenvalue weighted by molar-refractivity contribution is 7.98. The monoisotopic (exact) mass is 325 g/mol. The van der Waals surface area contributed by atoms with E-state index < -0.39 is 0 Å². The van der Waals surface area contributed by atoms with Gasteiger partial charge in [0.15, 0.2) is 0 Å². The van der Waals surface area contributed by atoms with E-state index in [4.69, 9.17) is 23.2 Å². The van der Waals surface area contributed by atoms with E-state index in [-0.39, 0.29) is 12.3 Å². The second-order valence-electron chi connectivity index (χ2n) is 4.20. The number of halogens is 2. The molecule has 0 spiro atoms. The highest BCUT2D eigenvalue weighted by Gasteiger charge is 2.06. The van der Waals surface area contributed by atoms with E-state index in [1.165, 1.54) is 0 Å². The standard InChI is InChI=1S/C15H13Cl2NOS/c1-20-12-5-3-11(4-6-12)18-15(19)9-10-2-7-13(16)14(17)8-10/h2-8H,9H2,1H3,(H,18,19). The van der Waals surface area contributed by atoms with Crippen LogP contribution in [0.5, 0.6) is 0 Å². The zero-order valence-electron chi connectivity index (χ0n) is 10.8. The van der Waals surface area contributed by atoms with E-state index in [9.17, 15) is 4.79 Å². The molecule has 0 unspecified atom stereocenters. The lowest BCUT2D eigenvalue weighted by Gasteiger charge is -2.07. The van der Waals surface area contributed by atoms with Crippen LogP contribution >= 0.6 is 35.0 Å². The van der Waals surface area contributed by atoms with Crippen LogP contribution in [0.3, 0.4) is 0 Å². The summed E-state index contributed by atoms with van der Waals surface area (Å²) in [5, 5.41) is 3.80. The van der Waals surface area contributed by atoms with Crippen molar-refractivity contribution in [3.8, 4) is 0 Å². The minimum absolute atomic E-state index is 0.0831.